The first-order chi connectivity index (χ1) is 12.0. The number of amides is 1. The molecule has 0 fully saturated rings. The zero-order valence-corrected chi connectivity index (χ0v) is 15.6. The number of carbonyl (C=O) groups excluding carboxylic acids is 1. The number of aryl methyl sites for hydroxylation is 1. The van der Waals surface area contributed by atoms with Gasteiger partial charge < -0.3 is 9.84 Å². The Kier molecular flexibility index (Phi) is 5.03. The topological polar surface area (TPSA) is 73.0 Å². The summed E-state index contributed by atoms with van der Waals surface area (Å²) in [5.74, 6) is 0.224. The summed E-state index contributed by atoms with van der Waals surface area (Å²) in [6.07, 6.45) is 1.75. The van der Waals surface area contributed by atoms with Crippen LogP contribution in [0.2, 0.25) is 0 Å². The van der Waals surface area contributed by atoms with Crippen LogP contribution in [0.5, 0.6) is 0 Å². The first-order valence-electron chi connectivity index (χ1n) is 8.35. The Morgan fingerprint density at radius 2 is 2.24 bits per heavy atom. The Morgan fingerprint density at radius 1 is 1.44 bits per heavy atom. The standard InChI is InChI=1S/C18H22N4O2S/c1-5-22-12(4)13(10-19-22)14-9-15(24-21-14)18(23)20-17(11(2)3)16-7-6-8-25-16/h6-11,17H,5H2,1-4H3,(H,20,23). The minimum absolute atomic E-state index is 0.0503. The number of hydrogen-bond donors (Lipinski definition) is 1. The first-order valence-corrected chi connectivity index (χ1v) is 9.23. The van der Waals surface area contributed by atoms with Crippen molar-refractivity contribution >= 4 is 17.2 Å². The van der Waals surface area contributed by atoms with Gasteiger partial charge in [-0.05, 0) is 31.2 Å². The van der Waals surface area contributed by atoms with Gasteiger partial charge in [0.15, 0.2) is 0 Å². The van der Waals surface area contributed by atoms with Gasteiger partial charge in [0, 0.05) is 28.7 Å². The van der Waals surface area contributed by atoms with Gasteiger partial charge in [0.1, 0.15) is 5.69 Å². The zero-order valence-electron chi connectivity index (χ0n) is 14.8. The summed E-state index contributed by atoms with van der Waals surface area (Å²) in [5.41, 5.74) is 2.50. The summed E-state index contributed by atoms with van der Waals surface area (Å²) in [7, 11) is 0. The Bertz CT molecular complexity index is 848. The highest BCUT2D eigenvalue weighted by molar-refractivity contribution is 7.10. The van der Waals surface area contributed by atoms with Gasteiger partial charge in [0.25, 0.3) is 5.91 Å². The number of carbonyl (C=O) groups is 1. The first kappa shape index (κ1) is 17.4. The smallest absolute Gasteiger partial charge is 0.290 e. The Labute approximate surface area is 150 Å². The van der Waals surface area contributed by atoms with Crippen LogP contribution < -0.4 is 5.32 Å². The number of rotatable bonds is 6. The van der Waals surface area contributed by atoms with E-state index in [0.717, 1.165) is 22.7 Å². The van der Waals surface area contributed by atoms with E-state index < -0.39 is 0 Å². The molecule has 3 rings (SSSR count). The van der Waals surface area contributed by atoms with Crippen molar-refractivity contribution in [3.05, 3.63) is 46.1 Å². The Morgan fingerprint density at radius 3 is 2.84 bits per heavy atom. The molecule has 0 aliphatic carbocycles. The SMILES string of the molecule is CCn1ncc(-c2cc(C(=O)NC(c3cccs3)C(C)C)on2)c1C. The van der Waals surface area contributed by atoms with Gasteiger partial charge in [-0.15, -0.1) is 11.3 Å². The highest BCUT2D eigenvalue weighted by atomic mass is 32.1. The van der Waals surface area contributed by atoms with Crippen LogP contribution in [0.15, 0.2) is 34.3 Å². The fourth-order valence-electron chi connectivity index (χ4n) is 2.77. The van der Waals surface area contributed by atoms with Crippen LogP contribution in [0.4, 0.5) is 0 Å². The average molecular weight is 358 g/mol. The minimum atomic E-state index is -0.258. The molecule has 1 unspecified atom stereocenters. The summed E-state index contributed by atoms with van der Waals surface area (Å²) in [4.78, 5) is 13.7. The predicted molar refractivity (Wildman–Crippen MR) is 97.5 cm³/mol. The van der Waals surface area contributed by atoms with E-state index in [9.17, 15) is 4.79 Å². The molecule has 3 heterocycles. The van der Waals surface area contributed by atoms with E-state index >= 15 is 0 Å². The number of nitrogens with zero attached hydrogens (tertiary/aromatic N) is 3. The van der Waals surface area contributed by atoms with Crippen molar-refractivity contribution in [3.8, 4) is 11.3 Å². The van der Waals surface area contributed by atoms with Crippen LogP contribution in [0.3, 0.4) is 0 Å². The van der Waals surface area contributed by atoms with E-state index in [-0.39, 0.29) is 23.6 Å². The van der Waals surface area contributed by atoms with Crippen molar-refractivity contribution < 1.29 is 9.32 Å². The normalized spacial score (nSPS) is 12.5. The van der Waals surface area contributed by atoms with Gasteiger partial charge in [0.05, 0.1) is 12.2 Å². The molecule has 0 saturated heterocycles. The summed E-state index contributed by atoms with van der Waals surface area (Å²) >= 11 is 1.63. The molecule has 7 heteroatoms. The van der Waals surface area contributed by atoms with Crippen molar-refractivity contribution in [3.63, 3.8) is 0 Å². The average Bonchev–Trinajstić information content (AvgIpc) is 3.32. The van der Waals surface area contributed by atoms with Gasteiger partial charge in [0.2, 0.25) is 5.76 Å². The maximum absolute atomic E-state index is 12.6. The molecule has 0 bridgehead atoms. The predicted octanol–water partition coefficient (Wildman–Crippen LogP) is 4.06. The highest BCUT2D eigenvalue weighted by Crippen LogP contribution is 2.27. The van der Waals surface area contributed by atoms with Gasteiger partial charge in [-0.2, -0.15) is 5.10 Å². The van der Waals surface area contributed by atoms with E-state index in [1.807, 2.05) is 36.0 Å². The molecule has 0 aliphatic heterocycles. The second-order valence-electron chi connectivity index (χ2n) is 6.25. The molecule has 3 aromatic rings. The lowest BCUT2D eigenvalue weighted by Gasteiger charge is -2.20. The van der Waals surface area contributed by atoms with Crippen molar-refractivity contribution in [1.82, 2.24) is 20.3 Å². The van der Waals surface area contributed by atoms with Crippen LogP contribution >= 0.6 is 11.3 Å². The minimum Gasteiger partial charge on any atom is -0.350 e. The van der Waals surface area contributed by atoms with Crippen molar-refractivity contribution in [2.24, 2.45) is 5.92 Å². The molecule has 0 saturated carbocycles. The van der Waals surface area contributed by atoms with Crippen molar-refractivity contribution in [1.29, 1.82) is 0 Å². The zero-order chi connectivity index (χ0) is 18.0. The summed E-state index contributed by atoms with van der Waals surface area (Å²) in [6, 6.07) is 5.64. The highest BCUT2D eigenvalue weighted by Gasteiger charge is 2.23. The maximum Gasteiger partial charge on any atom is 0.290 e. The molecule has 6 nitrogen and oxygen atoms in total. The summed E-state index contributed by atoms with van der Waals surface area (Å²) in [5, 5.41) is 13.4. The van der Waals surface area contributed by atoms with Crippen molar-refractivity contribution in [2.75, 3.05) is 0 Å². The van der Waals surface area contributed by atoms with E-state index in [2.05, 4.69) is 29.4 Å². The van der Waals surface area contributed by atoms with E-state index in [1.54, 1.807) is 23.6 Å². The second-order valence-corrected chi connectivity index (χ2v) is 7.23. The molecule has 132 valence electrons. The van der Waals surface area contributed by atoms with Crippen LogP contribution in [-0.4, -0.2) is 20.8 Å². The molecule has 1 N–H and O–H groups in total. The third-order valence-corrected chi connectivity index (χ3v) is 5.17. The van der Waals surface area contributed by atoms with Crippen molar-refractivity contribution in [2.45, 2.75) is 40.3 Å². The van der Waals surface area contributed by atoms with Crippen LogP contribution in [0.1, 0.15) is 47.9 Å². The third-order valence-electron chi connectivity index (χ3n) is 4.22. The Balaban J connectivity index is 1.79. The summed E-state index contributed by atoms with van der Waals surface area (Å²) in [6.45, 7) is 8.96. The lowest BCUT2D eigenvalue weighted by atomic mass is 10.0. The fourth-order valence-corrected chi connectivity index (χ4v) is 3.72. The molecule has 1 atom stereocenters. The lowest BCUT2D eigenvalue weighted by molar-refractivity contribution is 0.0889. The maximum atomic E-state index is 12.6. The molecule has 0 radical (unpaired) electrons. The van der Waals surface area contributed by atoms with E-state index in [1.165, 1.54) is 0 Å². The summed E-state index contributed by atoms with van der Waals surface area (Å²) < 4.78 is 7.17. The van der Waals surface area contributed by atoms with Crippen LogP contribution in [-0.2, 0) is 6.54 Å². The van der Waals surface area contributed by atoms with Crippen LogP contribution in [0.25, 0.3) is 11.3 Å². The van der Waals surface area contributed by atoms with E-state index in [0.29, 0.717) is 5.69 Å². The molecule has 25 heavy (non-hydrogen) atoms. The molecule has 3 aromatic heterocycles. The lowest BCUT2D eigenvalue weighted by Crippen LogP contribution is -2.30. The van der Waals surface area contributed by atoms with Gasteiger partial charge in [-0.1, -0.05) is 25.1 Å². The molecular weight excluding hydrogens is 336 g/mol. The van der Waals surface area contributed by atoms with Crippen LogP contribution in [0, 0.1) is 12.8 Å². The Hall–Kier alpha value is -2.41. The fraction of sp³-hybridized carbons (Fsp3) is 0.389. The number of thiophene rings is 1. The van der Waals surface area contributed by atoms with Gasteiger partial charge in [-0.3, -0.25) is 9.48 Å². The second kappa shape index (κ2) is 7.23. The van der Waals surface area contributed by atoms with Gasteiger partial charge in [-0.25, -0.2) is 0 Å². The number of nitrogens with one attached hydrogen (secondary N) is 1. The number of aromatic nitrogens is 3. The monoisotopic (exact) mass is 358 g/mol. The quantitative estimate of drug-likeness (QED) is 0.721. The van der Waals surface area contributed by atoms with Gasteiger partial charge >= 0.3 is 0 Å². The number of hydrogen-bond acceptors (Lipinski definition) is 5. The molecule has 0 aromatic carbocycles. The molecular formula is C18H22N4O2S. The van der Waals surface area contributed by atoms with E-state index in [4.69, 9.17) is 4.52 Å². The third kappa shape index (κ3) is 3.51. The molecule has 0 aliphatic rings. The molecule has 1 amide bonds. The largest absolute Gasteiger partial charge is 0.350 e. The molecule has 0 spiro atoms.